The van der Waals surface area contributed by atoms with Gasteiger partial charge in [-0.05, 0) is 0 Å². The van der Waals surface area contributed by atoms with Crippen LogP contribution in [0.3, 0.4) is 0 Å². The number of aliphatic hydroxyl groups excluding tert-OH is 1. The van der Waals surface area contributed by atoms with E-state index in [4.69, 9.17) is 39.1 Å². The van der Waals surface area contributed by atoms with Crippen molar-refractivity contribution in [2.45, 2.75) is 36.6 Å². The van der Waals surface area contributed by atoms with Crippen LogP contribution in [0.4, 0.5) is 0 Å². The minimum atomic E-state index is -6.39. The van der Waals surface area contributed by atoms with Crippen molar-refractivity contribution in [3.63, 3.8) is 0 Å². The lowest BCUT2D eigenvalue weighted by Crippen LogP contribution is -2.66. The first-order chi connectivity index (χ1) is 17.3. The maximum atomic E-state index is 12.2. The van der Waals surface area contributed by atoms with E-state index in [1.807, 2.05) is 0 Å². The van der Waals surface area contributed by atoms with E-state index in [0.717, 1.165) is 0 Å². The van der Waals surface area contributed by atoms with Crippen molar-refractivity contribution in [3.05, 3.63) is 0 Å². The Morgan fingerprint density at radius 3 is 0.875 bits per heavy atom. The van der Waals surface area contributed by atoms with Crippen LogP contribution in [0.2, 0.25) is 0 Å². The van der Waals surface area contributed by atoms with E-state index in [1.54, 1.807) is 0 Å². The average molecular weight is 740 g/mol. The molecular formula is C6H19O27P7. The molecule has 0 aromatic heterocycles. The Kier molecular flexibility index (Phi) is 12.7. The molecule has 13 N–H and O–H groups in total. The molecule has 0 radical (unpaired) electrons. The van der Waals surface area contributed by atoms with Gasteiger partial charge >= 0.3 is 54.8 Å². The summed E-state index contributed by atoms with van der Waals surface area (Å²) in [7, 11) is -43.0. The smallest absolute Gasteiger partial charge is 0.387 e. The molecule has 0 aliphatic heterocycles. The standard InChI is InChI=1S/C6H19O27P7/c7-1-2(27-34(8,9)10)4(28-35(11,12)13)6(29-36(14,15)16)5(31-40(25,26)33-38(20,21)22)3(1)30-39(23,24)32-37(17,18)19/h1-7H,(H,23,24)(H,25,26)(H2,8,9,10)(H2,11,12,13)(H2,14,15,16)(H2,17,18,19)(H2,20,21,22)/t1-,2-,3+,4+,5-,6+/m0/s1. The third kappa shape index (κ3) is 14.5. The van der Waals surface area contributed by atoms with E-state index >= 15 is 0 Å². The van der Waals surface area contributed by atoms with Gasteiger partial charge in [-0.15, -0.1) is 0 Å². The number of aliphatic hydroxyl groups is 1. The highest BCUT2D eigenvalue weighted by atomic mass is 31.3. The zero-order valence-corrected chi connectivity index (χ0v) is 24.4. The molecule has 27 nitrogen and oxygen atoms in total. The van der Waals surface area contributed by atoms with E-state index < -0.39 is 91.4 Å². The number of hydrogen-bond donors (Lipinski definition) is 13. The van der Waals surface area contributed by atoms with Crippen LogP contribution < -0.4 is 0 Å². The molecule has 0 aromatic carbocycles. The van der Waals surface area contributed by atoms with Crippen LogP contribution >= 0.6 is 54.8 Å². The lowest BCUT2D eigenvalue weighted by Gasteiger charge is -2.47. The molecule has 1 aliphatic rings. The lowest BCUT2D eigenvalue weighted by atomic mass is 9.85. The normalized spacial score (nSPS) is 30.4. The van der Waals surface area contributed by atoms with Crippen molar-refractivity contribution in [2.24, 2.45) is 0 Å². The van der Waals surface area contributed by atoms with Gasteiger partial charge < -0.3 is 63.8 Å². The first-order valence-electron chi connectivity index (χ1n) is 8.76. The molecule has 1 fully saturated rings. The highest BCUT2D eigenvalue weighted by Gasteiger charge is 2.61. The van der Waals surface area contributed by atoms with Gasteiger partial charge in [0.25, 0.3) is 0 Å². The second-order valence-electron chi connectivity index (χ2n) is 6.89. The van der Waals surface area contributed by atoms with Crippen LogP contribution in [0, 0.1) is 0 Å². The molecule has 1 aliphatic carbocycles. The maximum absolute atomic E-state index is 12.2. The van der Waals surface area contributed by atoms with Crippen molar-refractivity contribution in [3.8, 4) is 0 Å². The summed E-state index contributed by atoms with van der Waals surface area (Å²) in [5, 5.41) is 10.5. The molecule has 8 atom stereocenters. The van der Waals surface area contributed by atoms with Gasteiger partial charge in [-0.3, -0.25) is 22.6 Å². The highest BCUT2D eigenvalue weighted by Crippen LogP contribution is 2.63. The molecule has 0 aromatic rings. The highest BCUT2D eigenvalue weighted by molar-refractivity contribution is 7.61. The topological polar surface area (TPSA) is 447 Å². The summed E-state index contributed by atoms with van der Waals surface area (Å²) in [6, 6.07) is 0. The predicted molar refractivity (Wildman–Crippen MR) is 112 cm³/mol. The minimum Gasteiger partial charge on any atom is -0.387 e. The summed E-state index contributed by atoms with van der Waals surface area (Å²) in [6.45, 7) is 0. The first kappa shape index (κ1) is 38.8. The van der Waals surface area contributed by atoms with Crippen LogP contribution in [-0.2, 0) is 63.2 Å². The van der Waals surface area contributed by atoms with Crippen molar-refractivity contribution in [2.75, 3.05) is 0 Å². The molecular weight excluding hydrogens is 721 g/mol. The molecule has 0 spiro atoms. The van der Waals surface area contributed by atoms with Crippen LogP contribution in [0.5, 0.6) is 0 Å². The molecule has 0 bridgehead atoms. The fraction of sp³-hybridized carbons (Fsp3) is 1.00. The van der Waals surface area contributed by atoms with Gasteiger partial charge in [-0.1, -0.05) is 0 Å². The number of hydrogen-bond acceptors (Lipinski definition) is 15. The average Bonchev–Trinajstić information content (AvgIpc) is 2.57. The monoisotopic (exact) mass is 740 g/mol. The van der Waals surface area contributed by atoms with Crippen molar-refractivity contribution >= 4 is 54.8 Å². The fourth-order valence-electron chi connectivity index (χ4n) is 2.83. The van der Waals surface area contributed by atoms with Crippen LogP contribution in [0.25, 0.3) is 0 Å². The summed E-state index contributed by atoms with van der Waals surface area (Å²) in [5.41, 5.74) is 0. The molecule has 0 heterocycles. The summed E-state index contributed by atoms with van der Waals surface area (Å²) in [6.07, 6.45) is -19.5. The van der Waals surface area contributed by atoms with Gasteiger partial charge in [0.1, 0.15) is 36.6 Å². The molecule has 240 valence electrons. The third-order valence-corrected chi connectivity index (χ3v) is 9.60. The van der Waals surface area contributed by atoms with E-state index in [9.17, 15) is 56.6 Å². The Balaban J connectivity index is 3.95. The summed E-state index contributed by atoms with van der Waals surface area (Å²) >= 11 is 0. The summed E-state index contributed by atoms with van der Waals surface area (Å²) in [5.74, 6) is 0. The Labute approximate surface area is 219 Å². The molecule has 1 rings (SSSR count). The minimum absolute atomic E-state index is 3.13. The van der Waals surface area contributed by atoms with Crippen molar-refractivity contribution in [1.82, 2.24) is 0 Å². The number of phosphoric acid groups is 7. The quantitative estimate of drug-likeness (QED) is 0.0788. The largest absolute Gasteiger partial charge is 0.481 e. The van der Waals surface area contributed by atoms with E-state index in [-0.39, 0.29) is 0 Å². The van der Waals surface area contributed by atoms with Crippen LogP contribution in [0.1, 0.15) is 0 Å². The lowest BCUT2D eigenvalue weighted by molar-refractivity contribution is -0.205. The van der Waals surface area contributed by atoms with Crippen LogP contribution in [0.15, 0.2) is 0 Å². The van der Waals surface area contributed by atoms with E-state index in [1.165, 1.54) is 0 Å². The molecule has 0 saturated heterocycles. The molecule has 2 unspecified atom stereocenters. The van der Waals surface area contributed by atoms with Crippen LogP contribution in [-0.4, -0.2) is 100 Å². The number of rotatable bonds is 14. The van der Waals surface area contributed by atoms with Crippen molar-refractivity contribution in [1.29, 1.82) is 0 Å². The third-order valence-electron chi connectivity index (χ3n) is 3.67. The maximum Gasteiger partial charge on any atom is 0.481 e. The fourth-order valence-corrected chi connectivity index (χ4v) is 8.07. The van der Waals surface area contributed by atoms with Gasteiger partial charge in [0.2, 0.25) is 0 Å². The second kappa shape index (κ2) is 13.0. The van der Waals surface area contributed by atoms with Gasteiger partial charge in [0, 0.05) is 0 Å². The Bertz CT molecular complexity index is 1230. The van der Waals surface area contributed by atoms with E-state index in [0.29, 0.717) is 0 Å². The predicted octanol–water partition coefficient (Wildman–Crippen LogP) is -3.02. The Morgan fingerprint density at radius 2 is 0.575 bits per heavy atom. The molecule has 40 heavy (non-hydrogen) atoms. The Morgan fingerprint density at radius 1 is 0.350 bits per heavy atom. The SMILES string of the molecule is O=P(O)(O)O[C@H]1[C@@H](OP(=O)(O)OP(=O)(O)O)[C@H](OP(=O)(O)OP(=O)(O)O)[C@@H](O)[C@H](OP(=O)(O)O)[C@H]1OP(=O)(O)O. The van der Waals surface area contributed by atoms with Gasteiger partial charge in [0.05, 0.1) is 0 Å². The summed E-state index contributed by atoms with van der Waals surface area (Å²) < 4.78 is 108. The first-order valence-corrected chi connectivity index (χ1v) is 19.4. The molecule has 1 saturated carbocycles. The summed E-state index contributed by atoms with van der Waals surface area (Å²) in [4.78, 5) is 109. The van der Waals surface area contributed by atoms with Gasteiger partial charge in [0.15, 0.2) is 0 Å². The molecule has 0 amide bonds. The second-order valence-corrected chi connectivity index (χ2v) is 16.0. The Hall–Kier alpha value is 0.810. The molecule has 34 heteroatoms. The van der Waals surface area contributed by atoms with Gasteiger partial charge in [-0.25, -0.2) is 32.0 Å². The van der Waals surface area contributed by atoms with E-state index in [2.05, 4.69) is 31.2 Å². The van der Waals surface area contributed by atoms with Crippen molar-refractivity contribution < 1.29 is 127 Å². The zero-order valence-electron chi connectivity index (χ0n) is 18.1. The van der Waals surface area contributed by atoms with Gasteiger partial charge in [-0.2, -0.15) is 8.62 Å². The number of phosphoric ester groups is 5. The zero-order chi connectivity index (χ0) is 31.9.